The Morgan fingerprint density at radius 1 is 1.28 bits per heavy atom. The fraction of sp³-hybridized carbons (Fsp3) is 0.529. The van der Waals surface area contributed by atoms with Crippen molar-refractivity contribution in [3.63, 3.8) is 0 Å². The van der Waals surface area contributed by atoms with Crippen LogP contribution in [0.25, 0.3) is 0 Å². The lowest BCUT2D eigenvalue weighted by molar-refractivity contribution is 0.229. The van der Waals surface area contributed by atoms with E-state index in [2.05, 4.69) is 49.1 Å². The Labute approximate surface area is 111 Å². The van der Waals surface area contributed by atoms with Crippen molar-refractivity contribution in [1.29, 1.82) is 0 Å². The number of allylic oxidation sites excluding steroid dienone is 1. The zero-order chi connectivity index (χ0) is 12.5. The van der Waals surface area contributed by atoms with Crippen molar-refractivity contribution < 1.29 is 0 Å². The maximum Gasteiger partial charge on any atom is 0.0360 e. The summed E-state index contributed by atoms with van der Waals surface area (Å²) in [7, 11) is 0. The second-order valence-corrected chi connectivity index (χ2v) is 6.00. The minimum absolute atomic E-state index is 0.671. The van der Waals surface area contributed by atoms with Crippen molar-refractivity contribution in [2.45, 2.75) is 45.1 Å². The summed E-state index contributed by atoms with van der Waals surface area (Å²) in [4.78, 5) is 2.68. The summed E-state index contributed by atoms with van der Waals surface area (Å²) in [6, 6.07) is 9.78. The highest BCUT2D eigenvalue weighted by Crippen LogP contribution is 2.47. The third-order valence-electron chi connectivity index (χ3n) is 4.48. The van der Waals surface area contributed by atoms with Gasteiger partial charge in [-0.3, -0.25) is 4.90 Å². The molecule has 2 aliphatic rings. The van der Waals surface area contributed by atoms with Crippen LogP contribution in [0.3, 0.4) is 0 Å². The number of hydrogen-bond donors (Lipinski definition) is 0. The van der Waals surface area contributed by atoms with Gasteiger partial charge in [-0.05, 0) is 56.7 Å². The molecule has 2 bridgehead atoms. The van der Waals surface area contributed by atoms with Crippen LogP contribution in [0.1, 0.15) is 56.2 Å². The summed E-state index contributed by atoms with van der Waals surface area (Å²) in [5.41, 5.74) is 4.66. The lowest BCUT2D eigenvalue weighted by Gasteiger charge is -2.28. The van der Waals surface area contributed by atoms with Crippen LogP contribution in [0.5, 0.6) is 0 Å². The van der Waals surface area contributed by atoms with E-state index >= 15 is 0 Å². The van der Waals surface area contributed by atoms with E-state index in [1.54, 1.807) is 11.1 Å². The summed E-state index contributed by atoms with van der Waals surface area (Å²) >= 11 is 0. The van der Waals surface area contributed by atoms with E-state index < -0.39 is 0 Å². The quantitative estimate of drug-likeness (QED) is 0.699. The number of hydrogen-bond acceptors (Lipinski definition) is 1. The van der Waals surface area contributed by atoms with Crippen molar-refractivity contribution in [2.75, 3.05) is 13.1 Å². The SMILES string of the molecule is CC(C)=CCN1CCC[C@H]2C[C@@H]1c1ccccc12. The van der Waals surface area contributed by atoms with E-state index in [4.69, 9.17) is 0 Å². The molecule has 0 spiro atoms. The molecule has 0 unspecified atom stereocenters. The first-order valence-corrected chi connectivity index (χ1v) is 7.22. The van der Waals surface area contributed by atoms with Gasteiger partial charge in [0.25, 0.3) is 0 Å². The van der Waals surface area contributed by atoms with Crippen LogP contribution in [0.2, 0.25) is 0 Å². The van der Waals surface area contributed by atoms with E-state index in [-0.39, 0.29) is 0 Å². The van der Waals surface area contributed by atoms with Gasteiger partial charge in [0.15, 0.2) is 0 Å². The lowest BCUT2D eigenvalue weighted by atomic mass is 9.96. The summed E-state index contributed by atoms with van der Waals surface area (Å²) < 4.78 is 0. The molecule has 1 heterocycles. The third kappa shape index (κ3) is 2.12. The van der Waals surface area contributed by atoms with Crippen molar-refractivity contribution >= 4 is 0 Å². The van der Waals surface area contributed by atoms with Gasteiger partial charge in [-0.2, -0.15) is 0 Å². The molecule has 18 heavy (non-hydrogen) atoms. The Balaban J connectivity index is 1.89. The average molecular weight is 241 g/mol. The van der Waals surface area contributed by atoms with E-state index in [0.717, 1.165) is 12.5 Å². The van der Waals surface area contributed by atoms with Gasteiger partial charge in [-0.15, -0.1) is 0 Å². The predicted octanol–water partition coefficient (Wildman–Crippen LogP) is 4.28. The maximum absolute atomic E-state index is 2.68. The van der Waals surface area contributed by atoms with Crippen LogP contribution in [0, 0.1) is 0 Å². The molecule has 96 valence electrons. The Hall–Kier alpha value is -1.08. The van der Waals surface area contributed by atoms with Gasteiger partial charge in [0.2, 0.25) is 0 Å². The highest BCUT2D eigenvalue weighted by Gasteiger charge is 2.35. The average Bonchev–Trinajstić information content (AvgIpc) is 2.58. The maximum atomic E-state index is 2.68. The van der Waals surface area contributed by atoms with Crippen molar-refractivity contribution in [2.24, 2.45) is 0 Å². The molecule has 1 heteroatoms. The number of rotatable bonds is 2. The molecule has 1 aromatic carbocycles. The highest BCUT2D eigenvalue weighted by atomic mass is 15.2. The number of likely N-dealkylation sites (tertiary alicyclic amines) is 1. The summed E-state index contributed by atoms with van der Waals surface area (Å²) in [5.74, 6) is 0.822. The van der Waals surface area contributed by atoms with Crippen molar-refractivity contribution in [1.82, 2.24) is 4.90 Å². The van der Waals surface area contributed by atoms with Gasteiger partial charge in [-0.1, -0.05) is 35.9 Å². The standard InChI is InChI=1S/C17H23N/c1-13(2)9-11-18-10-5-6-14-12-17(18)16-8-4-3-7-15(14)16/h3-4,7-9,14,17H,5-6,10-12H2,1-2H3/t14-,17+/m0/s1. The molecular formula is C17H23N. The van der Waals surface area contributed by atoms with Gasteiger partial charge in [0.05, 0.1) is 0 Å². The highest BCUT2D eigenvalue weighted by molar-refractivity contribution is 5.38. The Bertz CT molecular complexity index is 456. The van der Waals surface area contributed by atoms with E-state index in [9.17, 15) is 0 Å². The van der Waals surface area contributed by atoms with Crippen molar-refractivity contribution in [3.05, 3.63) is 47.0 Å². The Morgan fingerprint density at radius 2 is 2.06 bits per heavy atom. The molecule has 1 aromatic rings. The number of nitrogens with zero attached hydrogens (tertiary/aromatic N) is 1. The van der Waals surface area contributed by atoms with Crippen molar-refractivity contribution in [3.8, 4) is 0 Å². The minimum atomic E-state index is 0.671. The van der Waals surface area contributed by atoms with Crippen LogP contribution in [-0.4, -0.2) is 18.0 Å². The van der Waals surface area contributed by atoms with Crippen LogP contribution in [0.4, 0.5) is 0 Å². The van der Waals surface area contributed by atoms with Crippen LogP contribution >= 0.6 is 0 Å². The second-order valence-electron chi connectivity index (χ2n) is 6.00. The van der Waals surface area contributed by atoms with Gasteiger partial charge in [0, 0.05) is 12.6 Å². The molecule has 3 rings (SSSR count). The Kier molecular flexibility index (Phi) is 3.25. The molecule has 1 nitrogen and oxygen atoms in total. The minimum Gasteiger partial charge on any atom is -0.293 e. The van der Waals surface area contributed by atoms with Gasteiger partial charge in [-0.25, -0.2) is 0 Å². The zero-order valence-electron chi connectivity index (χ0n) is 11.5. The molecule has 1 aliphatic heterocycles. The number of fused-ring (bicyclic) bond motifs is 5. The first-order chi connectivity index (χ1) is 8.75. The van der Waals surface area contributed by atoms with Crippen LogP contribution < -0.4 is 0 Å². The third-order valence-corrected chi connectivity index (χ3v) is 4.48. The molecule has 0 radical (unpaired) electrons. The smallest absolute Gasteiger partial charge is 0.0360 e. The summed E-state index contributed by atoms with van der Waals surface area (Å²) in [6.45, 7) is 6.78. The first kappa shape index (κ1) is 12.0. The normalized spacial score (nSPS) is 26.6. The molecule has 1 saturated heterocycles. The molecule has 0 aromatic heterocycles. The van der Waals surface area contributed by atoms with E-state index in [1.165, 1.54) is 31.4 Å². The number of benzene rings is 1. The van der Waals surface area contributed by atoms with E-state index in [1.807, 2.05) is 0 Å². The molecule has 1 fully saturated rings. The van der Waals surface area contributed by atoms with Crippen LogP contribution in [-0.2, 0) is 0 Å². The van der Waals surface area contributed by atoms with Gasteiger partial charge < -0.3 is 0 Å². The summed E-state index contributed by atoms with van der Waals surface area (Å²) in [6.07, 6.45) is 6.45. The van der Waals surface area contributed by atoms with E-state index in [0.29, 0.717) is 6.04 Å². The van der Waals surface area contributed by atoms with Gasteiger partial charge in [0.1, 0.15) is 0 Å². The fourth-order valence-electron chi connectivity index (χ4n) is 3.54. The molecule has 0 N–H and O–H groups in total. The Morgan fingerprint density at radius 3 is 2.83 bits per heavy atom. The fourth-order valence-corrected chi connectivity index (χ4v) is 3.54. The lowest BCUT2D eigenvalue weighted by Crippen LogP contribution is -2.28. The molecule has 1 aliphatic carbocycles. The predicted molar refractivity (Wildman–Crippen MR) is 76.8 cm³/mol. The molecular weight excluding hydrogens is 218 g/mol. The van der Waals surface area contributed by atoms with Crippen LogP contribution in [0.15, 0.2) is 35.9 Å². The van der Waals surface area contributed by atoms with Gasteiger partial charge >= 0.3 is 0 Å². The first-order valence-electron chi connectivity index (χ1n) is 7.22. The molecule has 0 saturated carbocycles. The summed E-state index contributed by atoms with van der Waals surface area (Å²) in [5, 5.41) is 0. The molecule has 2 atom stereocenters. The monoisotopic (exact) mass is 241 g/mol. The molecule has 0 amide bonds. The second kappa shape index (κ2) is 4.89. The zero-order valence-corrected chi connectivity index (χ0v) is 11.5. The largest absolute Gasteiger partial charge is 0.293 e. The topological polar surface area (TPSA) is 3.24 Å².